The van der Waals surface area contributed by atoms with Gasteiger partial charge in [0.1, 0.15) is 0 Å². The highest BCUT2D eigenvalue weighted by atomic mass is 28.1. The number of carbonyl (C=O) groups excluding carboxylic acids is 1. The van der Waals surface area contributed by atoms with Crippen LogP contribution in [0, 0.1) is 17.8 Å². The van der Waals surface area contributed by atoms with E-state index in [2.05, 4.69) is 13.5 Å². The summed E-state index contributed by atoms with van der Waals surface area (Å²) < 4.78 is 21.8. The fraction of sp³-hybridized carbons (Fsp3) is 0.955. The molecule has 5 nitrogen and oxygen atoms in total. The first-order chi connectivity index (χ1) is 13.7. The number of hydrogen-bond acceptors (Lipinski definition) is 5. The molecule has 0 bridgehead atoms. The van der Waals surface area contributed by atoms with E-state index in [9.17, 15) is 4.79 Å². The van der Waals surface area contributed by atoms with Crippen molar-refractivity contribution in [2.24, 2.45) is 17.8 Å². The van der Waals surface area contributed by atoms with Gasteiger partial charge in [0.25, 0.3) is 0 Å². The van der Waals surface area contributed by atoms with Gasteiger partial charge >= 0.3 is 5.97 Å². The number of fused-ring (bicyclic) bond motifs is 3. The predicted molar refractivity (Wildman–Crippen MR) is 110 cm³/mol. The van der Waals surface area contributed by atoms with Gasteiger partial charge in [-0.25, -0.2) is 0 Å². The van der Waals surface area contributed by atoms with Crippen molar-refractivity contribution in [2.75, 3.05) is 6.61 Å². The maximum Gasteiger partial charge on any atom is 0.309 e. The third kappa shape index (κ3) is 5.38. The second kappa shape index (κ2) is 9.15. The van der Waals surface area contributed by atoms with Gasteiger partial charge in [0.05, 0.1) is 49.1 Å². The summed E-state index contributed by atoms with van der Waals surface area (Å²) >= 11 is 0. The van der Waals surface area contributed by atoms with Crippen molar-refractivity contribution in [3.8, 4) is 0 Å². The molecule has 6 fully saturated rings. The van der Waals surface area contributed by atoms with Gasteiger partial charge in [-0.15, -0.1) is 0 Å². The Morgan fingerprint density at radius 2 is 1.36 bits per heavy atom. The lowest BCUT2D eigenvalue weighted by atomic mass is 9.89. The van der Waals surface area contributed by atoms with Crippen LogP contribution in [-0.2, 0) is 23.7 Å². The summed E-state index contributed by atoms with van der Waals surface area (Å²) in [4.78, 5) is 12.0. The highest BCUT2D eigenvalue weighted by Gasteiger charge is 2.47. The largest absolute Gasteiger partial charge is 0.465 e. The summed E-state index contributed by atoms with van der Waals surface area (Å²) in [5.74, 6) is 1.54. The van der Waals surface area contributed by atoms with Gasteiger partial charge in [-0.2, -0.15) is 0 Å². The van der Waals surface area contributed by atoms with Gasteiger partial charge < -0.3 is 18.9 Å². The standard InChI is InChI=1S/C14H20O4.C7H12O.CH6Si/c15-14(9-2-4-11-13(6-9)18-11)16-7-8-1-3-10-12(5-8)17-10;1-5-2-3-6-7(4-5)8-6;1-2/h8-13H,1-7H2;5-7H,2-4H2,1H3;1-2H3. The molecule has 9 atom stereocenters. The lowest BCUT2D eigenvalue weighted by Crippen LogP contribution is -2.27. The maximum absolute atomic E-state index is 12.0. The summed E-state index contributed by atoms with van der Waals surface area (Å²) in [5.41, 5.74) is 0. The third-order valence-electron chi connectivity index (χ3n) is 7.18. The minimum absolute atomic E-state index is 0.00258. The van der Waals surface area contributed by atoms with Crippen LogP contribution in [0.4, 0.5) is 0 Å². The van der Waals surface area contributed by atoms with Crippen molar-refractivity contribution < 1.29 is 23.7 Å². The third-order valence-corrected chi connectivity index (χ3v) is 7.18. The van der Waals surface area contributed by atoms with Gasteiger partial charge in [0.2, 0.25) is 0 Å². The van der Waals surface area contributed by atoms with Crippen molar-refractivity contribution in [2.45, 2.75) is 108 Å². The fourth-order valence-corrected chi connectivity index (χ4v) is 5.18. The molecule has 0 aromatic carbocycles. The zero-order valence-electron chi connectivity index (χ0n) is 17.8. The predicted octanol–water partition coefficient (Wildman–Crippen LogP) is 2.64. The molecule has 3 saturated heterocycles. The van der Waals surface area contributed by atoms with Crippen molar-refractivity contribution >= 4 is 16.2 Å². The minimum atomic E-state index is 0.00258. The molecule has 6 rings (SSSR count). The molecule has 28 heavy (non-hydrogen) atoms. The van der Waals surface area contributed by atoms with E-state index in [0.717, 1.165) is 44.4 Å². The Kier molecular flexibility index (Phi) is 6.80. The van der Waals surface area contributed by atoms with Crippen molar-refractivity contribution in [1.29, 1.82) is 0 Å². The first kappa shape index (κ1) is 20.8. The molecule has 3 saturated carbocycles. The molecule has 3 aliphatic carbocycles. The smallest absolute Gasteiger partial charge is 0.309 e. The summed E-state index contributed by atoms with van der Waals surface area (Å²) in [5, 5.41) is 0. The molecule has 6 heteroatoms. The van der Waals surface area contributed by atoms with E-state index in [0.29, 0.717) is 49.1 Å². The fourth-order valence-electron chi connectivity index (χ4n) is 5.18. The monoisotopic (exact) mass is 410 g/mol. The van der Waals surface area contributed by atoms with E-state index >= 15 is 0 Å². The Morgan fingerprint density at radius 3 is 1.93 bits per heavy atom. The molecule has 0 N–H and O–H groups in total. The Morgan fingerprint density at radius 1 is 0.786 bits per heavy atom. The van der Waals surface area contributed by atoms with Gasteiger partial charge in [0.15, 0.2) is 0 Å². The van der Waals surface area contributed by atoms with Gasteiger partial charge in [-0.05, 0) is 79.9 Å². The van der Waals surface area contributed by atoms with Crippen LogP contribution in [0.3, 0.4) is 0 Å². The Bertz CT molecular complexity index is 543. The molecule has 0 spiro atoms. The maximum atomic E-state index is 12.0. The van der Waals surface area contributed by atoms with E-state index < -0.39 is 0 Å². The van der Waals surface area contributed by atoms with E-state index in [1.54, 1.807) is 0 Å². The quantitative estimate of drug-likeness (QED) is 0.407. The van der Waals surface area contributed by atoms with Gasteiger partial charge in [0, 0.05) is 0 Å². The molecule has 3 aliphatic heterocycles. The summed E-state index contributed by atoms with van der Waals surface area (Å²) in [6.07, 6.45) is 13.4. The van der Waals surface area contributed by atoms with Gasteiger partial charge in [-0.1, -0.05) is 13.5 Å². The van der Waals surface area contributed by atoms with Crippen molar-refractivity contribution in [3.05, 3.63) is 0 Å². The molecule has 0 aromatic heterocycles. The summed E-state index contributed by atoms with van der Waals surface area (Å²) in [6, 6.07) is 0. The van der Waals surface area contributed by atoms with Crippen LogP contribution in [0.5, 0.6) is 0 Å². The Balaban J connectivity index is 0.000000160. The average molecular weight is 411 g/mol. The van der Waals surface area contributed by atoms with E-state index in [1.807, 2.05) is 0 Å². The highest BCUT2D eigenvalue weighted by molar-refractivity contribution is 6.05. The number of rotatable bonds is 3. The molecular formula is C22H38O5Si. The molecule has 9 unspecified atom stereocenters. The van der Waals surface area contributed by atoms with Crippen LogP contribution in [0.15, 0.2) is 0 Å². The Hall–Kier alpha value is -0.433. The molecule has 160 valence electrons. The van der Waals surface area contributed by atoms with Crippen molar-refractivity contribution in [3.63, 3.8) is 0 Å². The molecular weight excluding hydrogens is 372 g/mol. The molecule has 6 aliphatic rings. The summed E-state index contributed by atoms with van der Waals surface area (Å²) in [6.45, 7) is 5.05. The molecule has 0 aromatic rings. The van der Waals surface area contributed by atoms with Crippen LogP contribution in [0.2, 0.25) is 6.55 Å². The van der Waals surface area contributed by atoms with E-state index in [4.69, 9.17) is 18.9 Å². The van der Waals surface area contributed by atoms with Crippen molar-refractivity contribution in [1.82, 2.24) is 0 Å². The normalized spacial score (nSPS) is 46.9. The minimum Gasteiger partial charge on any atom is -0.465 e. The number of esters is 1. The second-order valence-corrected chi connectivity index (χ2v) is 9.38. The van der Waals surface area contributed by atoms with E-state index in [1.165, 1.54) is 29.5 Å². The first-order valence-corrected chi connectivity index (χ1v) is 13.8. The molecule has 0 amide bonds. The Labute approximate surface area is 172 Å². The lowest BCUT2D eigenvalue weighted by Gasteiger charge is -2.21. The number of epoxide rings is 3. The van der Waals surface area contributed by atoms with Crippen LogP contribution in [0.25, 0.3) is 0 Å². The van der Waals surface area contributed by atoms with Crippen LogP contribution in [-0.4, -0.2) is 59.4 Å². The summed E-state index contributed by atoms with van der Waals surface area (Å²) in [7, 11) is 1.31. The van der Waals surface area contributed by atoms with Crippen LogP contribution < -0.4 is 0 Å². The molecule has 0 radical (unpaired) electrons. The number of carbonyl (C=O) groups is 1. The zero-order valence-corrected chi connectivity index (χ0v) is 19.8. The van der Waals surface area contributed by atoms with E-state index in [-0.39, 0.29) is 11.9 Å². The average Bonchev–Trinajstić information content (AvgIpc) is 3.60. The highest BCUT2D eigenvalue weighted by Crippen LogP contribution is 2.41. The first-order valence-electron chi connectivity index (χ1n) is 11.8. The lowest BCUT2D eigenvalue weighted by molar-refractivity contribution is -0.151. The topological polar surface area (TPSA) is 63.9 Å². The molecule has 3 heterocycles. The number of hydrogen-bond donors (Lipinski definition) is 0. The number of ether oxygens (including phenoxy) is 4. The van der Waals surface area contributed by atoms with Crippen LogP contribution in [0.1, 0.15) is 64.7 Å². The SMILES string of the molecule is CC1CCC2OC2C1.C[SiH3].O=C(OCC1CCC2OC2C1)C1CCC2OC2C1. The van der Waals surface area contributed by atoms with Crippen LogP contribution >= 0.6 is 0 Å². The zero-order chi connectivity index (χ0) is 19.7. The van der Waals surface area contributed by atoms with Gasteiger partial charge in [-0.3, -0.25) is 4.79 Å². The second-order valence-electron chi connectivity index (χ2n) is 9.38.